The predicted molar refractivity (Wildman–Crippen MR) is 51.3 cm³/mol. The maximum atomic E-state index is 9.19. The van der Waals surface area contributed by atoms with Crippen LogP contribution in [0.2, 0.25) is 6.32 Å². The van der Waals surface area contributed by atoms with Crippen LogP contribution in [0.4, 0.5) is 0 Å². The molecule has 0 amide bonds. The fraction of sp³-hybridized carbons (Fsp3) is 0.250. The number of fused-ring (bicyclic) bond motifs is 1. The second-order valence-corrected chi connectivity index (χ2v) is 3.78. The van der Waals surface area contributed by atoms with Gasteiger partial charge in [0.15, 0.2) is 0 Å². The largest absolute Gasteiger partial charge is 0.536 e. The summed E-state index contributed by atoms with van der Waals surface area (Å²) < 4.78 is 6.28. The van der Waals surface area contributed by atoms with Gasteiger partial charge in [-0.25, -0.2) is 0 Å². The highest BCUT2D eigenvalue weighted by atomic mass is 79.9. The van der Waals surface area contributed by atoms with Gasteiger partial charge in [-0.2, -0.15) is 0 Å². The lowest BCUT2D eigenvalue weighted by Crippen LogP contribution is -2.26. The molecule has 1 aliphatic heterocycles. The summed E-state index contributed by atoms with van der Waals surface area (Å²) in [5, 5.41) is 9.19. The van der Waals surface area contributed by atoms with E-state index in [1.165, 1.54) is 0 Å². The Kier molecular flexibility index (Phi) is 2.11. The number of aryl methyl sites for hydroxylation is 1. The Morgan fingerprint density at radius 2 is 2.33 bits per heavy atom. The third-order valence-electron chi connectivity index (χ3n) is 1.95. The fourth-order valence-corrected chi connectivity index (χ4v) is 1.75. The molecule has 12 heavy (non-hydrogen) atoms. The van der Waals surface area contributed by atoms with Gasteiger partial charge >= 0.3 is 7.12 Å². The summed E-state index contributed by atoms with van der Waals surface area (Å²) in [5.74, 6) is 0.803. The molecule has 0 fully saturated rings. The van der Waals surface area contributed by atoms with Crippen molar-refractivity contribution in [1.82, 2.24) is 0 Å². The molecule has 2 nitrogen and oxygen atoms in total. The Hall–Kier alpha value is -0.475. The minimum absolute atomic E-state index is 0.626. The Morgan fingerprint density at radius 3 is 3.17 bits per heavy atom. The zero-order valence-corrected chi connectivity index (χ0v) is 8.04. The van der Waals surface area contributed by atoms with Crippen molar-refractivity contribution in [3.8, 4) is 5.75 Å². The average molecular weight is 227 g/mol. The van der Waals surface area contributed by atoms with E-state index in [0.29, 0.717) is 6.32 Å². The van der Waals surface area contributed by atoms with E-state index in [2.05, 4.69) is 15.9 Å². The summed E-state index contributed by atoms with van der Waals surface area (Å²) in [7, 11) is -0.626. The van der Waals surface area contributed by atoms with E-state index in [1.807, 2.05) is 18.2 Å². The van der Waals surface area contributed by atoms with Crippen LogP contribution in [0.25, 0.3) is 0 Å². The molecular weight excluding hydrogens is 219 g/mol. The molecule has 1 aromatic carbocycles. The van der Waals surface area contributed by atoms with Gasteiger partial charge in [-0.1, -0.05) is 15.9 Å². The van der Waals surface area contributed by atoms with Crippen molar-refractivity contribution in [2.75, 3.05) is 0 Å². The van der Waals surface area contributed by atoms with Crippen LogP contribution in [0.5, 0.6) is 5.75 Å². The fourth-order valence-electron chi connectivity index (χ4n) is 1.34. The number of hydrogen-bond donors (Lipinski definition) is 1. The lowest BCUT2D eigenvalue weighted by atomic mass is 9.79. The van der Waals surface area contributed by atoms with Gasteiger partial charge in [0.2, 0.25) is 0 Å². The predicted octanol–water partition coefficient (Wildman–Crippen LogP) is 1.86. The first-order valence-corrected chi connectivity index (χ1v) is 4.68. The van der Waals surface area contributed by atoms with Crippen LogP contribution in [0.3, 0.4) is 0 Å². The van der Waals surface area contributed by atoms with Crippen molar-refractivity contribution < 1.29 is 9.68 Å². The SMILES string of the molecule is OB1CCc2cc(Br)ccc2O1. The van der Waals surface area contributed by atoms with Gasteiger partial charge in [-0.3, -0.25) is 0 Å². The quantitative estimate of drug-likeness (QED) is 0.685. The molecule has 0 aliphatic carbocycles. The summed E-state index contributed by atoms with van der Waals surface area (Å²) in [6, 6.07) is 5.82. The van der Waals surface area contributed by atoms with Gasteiger partial charge in [0.05, 0.1) is 0 Å². The first-order chi connectivity index (χ1) is 5.75. The Bertz CT molecular complexity index is 303. The van der Waals surface area contributed by atoms with E-state index in [1.54, 1.807) is 0 Å². The van der Waals surface area contributed by atoms with Gasteiger partial charge in [0.1, 0.15) is 5.75 Å². The Labute approximate surface area is 79.8 Å². The van der Waals surface area contributed by atoms with Gasteiger partial charge in [-0.05, 0) is 36.5 Å². The molecule has 62 valence electrons. The topological polar surface area (TPSA) is 29.5 Å². The van der Waals surface area contributed by atoms with Crippen molar-refractivity contribution in [2.45, 2.75) is 12.7 Å². The molecule has 1 aliphatic rings. The molecule has 0 spiro atoms. The maximum absolute atomic E-state index is 9.19. The molecular formula is C8H8BBrO2. The second kappa shape index (κ2) is 3.11. The van der Waals surface area contributed by atoms with Crippen molar-refractivity contribution in [2.24, 2.45) is 0 Å². The monoisotopic (exact) mass is 226 g/mol. The maximum Gasteiger partial charge on any atom is 0.522 e. The van der Waals surface area contributed by atoms with Crippen LogP contribution in [-0.4, -0.2) is 12.1 Å². The molecule has 4 heteroatoms. The highest BCUT2D eigenvalue weighted by molar-refractivity contribution is 9.10. The van der Waals surface area contributed by atoms with E-state index in [0.717, 1.165) is 22.2 Å². The second-order valence-electron chi connectivity index (χ2n) is 2.86. The molecule has 0 saturated heterocycles. The van der Waals surface area contributed by atoms with Crippen LogP contribution in [0.1, 0.15) is 5.56 Å². The third kappa shape index (κ3) is 1.49. The lowest BCUT2D eigenvalue weighted by molar-refractivity contribution is 0.399. The van der Waals surface area contributed by atoms with Crippen LogP contribution in [-0.2, 0) is 6.42 Å². The van der Waals surface area contributed by atoms with E-state index in [9.17, 15) is 5.02 Å². The zero-order chi connectivity index (χ0) is 8.55. The molecule has 0 saturated carbocycles. The normalized spacial score (nSPS) is 15.3. The van der Waals surface area contributed by atoms with E-state index in [-0.39, 0.29) is 0 Å². The minimum Gasteiger partial charge on any atom is -0.536 e. The van der Waals surface area contributed by atoms with Gasteiger partial charge in [0.25, 0.3) is 0 Å². The van der Waals surface area contributed by atoms with Crippen molar-refractivity contribution in [1.29, 1.82) is 0 Å². The number of hydrogen-bond acceptors (Lipinski definition) is 2. The number of benzene rings is 1. The molecule has 0 atom stereocenters. The highest BCUT2D eigenvalue weighted by Crippen LogP contribution is 2.28. The molecule has 0 bridgehead atoms. The third-order valence-corrected chi connectivity index (χ3v) is 2.44. The van der Waals surface area contributed by atoms with Crippen molar-refractivity contribution >= 4 is 23.0 Å². The van der Waals surface area contributed by atoms with Crippen molar-refractivity contribution in [3.63, 3.8) is 0 Å². The summed E-state index contributed by atoms with van der Waals surface area (Å²) in [6.07, 6.45) is 1.57. The molecule has 1 heterocycles. The lowest BCUT2D eigenvalue weighted by Gasteiger charge is -2.19. The first-order valence-electron chi connectivity index (χ1n) is 3.89. The van der Waals surface area contributed by atoms with Gasteiger partial charge < -0.3 is 9.68 Å². The van der Waals surface area contributed by atoms with Crippen LogP contribution in [0, 0.1) is 0 Å². The first kappa shape index (κ1) is 8.14. The minimum atomic E-state index is -0.626. The molecule has 1 N–H and O–H groups in total. The number of halogens is 1. The van der Waals surface area contributed by atoms with Gasteiger partial charge in [0, 0.05) is 4.47 Å². The molecule has 0 aromatic heterocycles. The van der Waals surface area contributed by atoms with Gasteiger partial charge in [-0.15, -0.1) is 0 Å². The summed E-state index contributed by atoms with van der Waals surface area (Å²) >= 11 is 3.39. The van der Waals surface area contributed by atoms with Crippen LogP contribution >= 0.6 is 15.9 Å². The van der Waals surface area contributed by atoms with E-state index >= 15 is 0 Å². The summed E-state index contributed by atoms with van der Waals surface area (Å²) in [4.78, 5) is 0. The highest BCUT2D eigenvalue weighted by Gasteiger charge is 2.22. The summed E-state index contributed by atoms with van der Waals surface area (Å²) in [6.45, 7) is 0. The Morgan fingerprint density at radius 1 is 1.50 bits per heavy atom. The van der Waals surface area contributed by atoms with Crippen LogP contribution < -0.4 is 4.65 Å². The molecule has 2 rings (SSSR count). The summed E-state index contributed by atoms with van der Waals surface area (Å²) in [5.41, 5.74) is 1.16. The molecule has 0 radical (unpaired) electrons. The van der Waals surface area contributed by atoms with E-state index < -0.39 is 7.12 Å². The van der Waals surface area contributed by atoms with Crippen LogP contribution in [0.15, 0.2) is 22.7 Å². The Balaban J connectivity index is 2.37. The molecule has 0 unspecified atom stereocenters. The smallest absolute Gasteiger partial charge is 0.522 e. The van der Waals surface area contributed by atoms with Crippen molar-refractivity contribution in [3.05, 3.63) is 28.2 Å². The standard InChI is InChI=1S/C8H8BBrO2/c10-7-1-2-8-6(5-7)3-4-9(11)12-8/h1-2,5,11H,3-4H2. The molecule has 1 aromatic rings. The average Bonchev–Trinajstić information content (AvgIpc) is 2.05. The van der Waals surface area contributed by atoms with E-state index in [4.69, 9.17) is 4.65 Å². The number of rotatable bonds is 0. The zero-order valence-electron chi connectivity index (χ0n) is 6.46.